The molecule has 4 nitrogen and oxygen atoms in total. The van der Waals surface area contributed by atoms with Crippen LogP contribution in [0.15, 0.2) is 18.2 Å². The lowest BCUT2D eigenvalue weighted by Crippen LogP contribution is -2.06. The van der Waals surface area contributed by atoms with Crippen molar-refractivity contribution >= 4 is 17.7 Å². The zero-order valence-electron chi connectivity index (χ0n) is 10.5. The van der Waals surface area contributed by atoms with Crippen molar-refractivity contribution in [3.05, 3.63) is 29.3 Å². The molecule has 0 heterocycles. The van der Waals surface area contributed by atoms with Crippen LogP contribution in [-0.4, -0.2) is 27.2 Å². The number of hydrogen-bond donors (Lipinski definition) is 1. The number of benzene rings is 1. The molecule has 1 aromatic carbocycles. The van der Waals surface area contributed by atoms with Crippen molar-refractivity contribution in [2.75, 3.05) is 26.6 Å². The second-order valence-corrected chi connectivity index (χ2v) is 3.38. The molecule has 0 atom stereocenters. The molecule has 17 heavy (non-hydrogen) atoms. The van der Waals surface area contributed by atoms with E-state index in [9.17, 15) is 4.79 Å². The van der Waals surface area contributed by atoms with Gasteiger partial charge in [-0.2, -0.15) is 0 Å². The molecule has 4 heteroatoms. The van der Waals surface area contributed by atoms with Crippen LogP contribution < -0.4 is 10.1 Å². The van der Waals surface area contributed by atoms with Crippen molar-refractivity contribution in [3.63, 3.8) is 0 Å². The van der Waals surface area contributed by atoms with E-state index in [1.807, 2.05) is 26.1 Å². The quantitative estimate of drug-likeness (QED) is 0.815. The van der Waals surface area contributed by atoms with Gasteiger partial charge in [0.1, 0.15) is 11.3 Å². The molecule has 92 valence electrons. The van der Waals surface area contributed by atoms with Crippen LogP contribution in [0.3, 0.4) is 0 Å². The van der Waals surface area contributed by atoms with Crippen molar-refractivity contribution in [1.29, 1.82) is 0 Å². The molecule has 0 radical (unpaired) electrons. The number of allylic oxidation sites excluding steroid dienone is 1. The molecule has 0 unspecified atom stereocenters. The van der Waals surface area contributed by atoms with Gasteiger partial charge in [-0.1, -0.05) is 12.2 Å². The summed E-state index contributed by atoms with van der Waals surface area (Å²) in [5.74, 6) is 0.0877. The zero-order chi connectivity index (χ0) is 12.8. The van der Waals surface area contributed by atoms with Gasteiger partial charge in [-0.05, 0) is 18.6 Å². The highest BCUT2D eigenvalue weighted by Gasteiger charge is 2.15. The third-order valence-corrected chi connectivity index (χ3v) is 2.39. The fourth-order valence-electron chi connectivity index (χ4n) is 1.57. The van der Waals surface area contributed by atoms with Gasteiger partial charge in [0.15, 0.2) is 0 Å². The molecule has 0 aromatic heterocycles. The summed E-state index contributed by atoms with van der Waals surface area (Å²) in [6, 6.07) is 3.53. The first-order chi connectivity index (χ1) is 8.17. The standard InChI is InChI=1S/C13H17NO3/c1-5-6-9-7-10(13(15)17-4)12(16-3)8-11(9)14-2/h5-8,14H,1-4H3/b6-5+. The van der Waals surface area contributed by atoms with Crippen molar-refractivity contribution < 1.29 is 14.3 Å². The summed E-state index contributed by atoms with van der Waals surface area (Å²) in [4.78, 5) is 11.6. The highest BCUT2D eigenvalue weighted by atomic mass is 16.5. The Bertz CT molecular complexity index is 439. The van der Waals surface area contributed by atoms with E-state index in [1.54, 1.807) is 12.1 Å². The fourth-order valence-corrected chi connectivity index (χ4v) is 1.57. The Labute approximate surface area is 101 Å². The van der Waals surface area contributed by atoms with E-state index in [-0.39, 0.29) is 0 Å². The minimum atomic E-state index is -0.407. The minimum absolute atomic E-state index is 0.407. The zero-order valence-corrected chi connectivity index (χ0v) is 10.5. The second kappa shape index (κ2) is 5.94. The van der Waals surface area contributed by atoms with Crippen molar-refractivity contribution in [2.24, 2.45) is 0 Å². The van der Waals surface area contributed by atoms with Crippen molar-refractivity contribution in [2.45, 2.75) is 6.92 Å². The third-order valence-electron chi connectivity index (χ3n) is 2.39. The highest BCUT2D eigenvalue weighted by molar-refractivity contribution is 5.94. The third kappa shape index (κ3) is 2.78. The summed E-state index contributed by atoms with van der Waals surface area (Å²) in [6.07, 6.45) is 3.82. The first-order valence-corrected chi connectivity index (χ1v) is 5.28. The van der Waals surface area contributed by atoms with Crippen LogP contribution in [0.5, 0.6) is 5.75 Å². The van der Waals surface area contributed by atoms with Crippen LogP contribution in [0.4, 0.5) is 5.69 Å². The summed E-state index contributed by atoms with van der Waals surface area (Å²) in [7, 11) is 4.69. The Balaban J connectivity index is 3.38. The molecule has 1 aromatic rings. The maximum Gasteiger partial charge on any atom is 0.341 e. The number of hydrogen-bond acceptors (Lipinski definition) is 4. The van der Waals surface area contributed by atoms with E-state index in [4.69, 9.17) is 9.47 Å². The molecule has 0 aliphatic heterocycles. The van der Waals surface area contributed by atoms with E-state index in [0.717, 1.165) is 11.3 Å². The lowest BCUT2D eigenvalue weighted by molar-refractivity contribution is 0.0597. The normalized spacial score (nSPS) is 10.4. The number of anilines is 1. The van der Waals surface area contributed by atoms with Gasteiger partial charge in [0.05, 0.1) is 14.2 Å². The number of esters is 1. The van der Waals surface area contributed by atoms with E-state index in [1.165, 1.54) is 14.2 Å². The van der Waals surface area contributed by atoms with Gasteiger partial charge >= 0.3 is 5.97 Å². The van der Waals surface area contributed by atoms with Gasteiger partial charge in [0.2, 0.25) is 0 Å². The van der Waals surface area contributed by atoms with Gasteiger partial charge in [-0.3, -0.25) is 0 Å². The molecule has 0 aliphatic rings. The van der Waals surface area contributed by atoms with Crippen LogP contribution in [0.1, 0.15) is 22.8 Å². The Hall–Kier alpha value is -1.97. The molecule has 1 N–H and O–H groups in total. The molecule has 0 spiro atoms. The maximum absolute atomic E-state index is 11.6. The summed E-state index contributed by atoms with van der Waals surface area (Å²) in [6.45, 7) is 1.92. The predicted octanol–water partition coefficient (Wildman–Crippen LogP) is 2.56. The van der Waals surface area contributed by atoms with Gasteiger partial charge in [0, 0.05) is 18.8 Å². The lowest BCUT2D eigenvalue weighted by Gasteiger charge is -2.12. The molecule has 0 saturated carbocycles. The number of rotatable bonds is 4. The Morgan fingerprint density at radius 3 is 2.53 bits per heavy atom. The average molecular weight is 235 g/mol. The van der Waals surface area contributed by atoms with Gasteiger partial charge in [-0.25, -0.2) is 4.79 Å². The fraction of sp³-hybridized carbons (Fsp3) is 0.308. The second-order valence-electron chi connectivity index (χ2n) is 3.38. The van der Waals surface area contributed by atoms with Crippen LogP contribution in [0, 0.1) is 0 Å². The number of carbonyl (C=O) groups is 1. The first-order valence-electron chi connectivity index (χ1n) is 5.28. The number of methoxy groups -OCH3 is 2. The monoisotopic (exact) mass is 235 g/mol. The van der Waals surface area contributed by atoms with Gasteiger partial charge < -0.3 is 14.8 Å². The predicted molar refractivity (Wildman–Crippen MR) is 68.6 cm³/mol. The lowest BCUT2D eigenvalue weighted by atomic mass is 10.1. The van der Waals surface area contributed by atoms with Crippen molar-refractivity contribution in [3.8, 4) is 5.75 Å². The molecule has 0 amide bonds. The molecule has 0 bridgehead atoms. The van der Waals surface area contributed by atoms with E-state index in [2.05, 4.69) is 5.32 Å². The number of nitrogens with one attached hydrogen (secondary N) is 1. The summed E-state index contributed by atoms with van der Waals surface area (Å²) < 4.78 is 9.90. The van der Waals surface area contributed by atoms with Gasteiger partial charge in [-0.15, -0.1) is 0 Å². The molecule has 1 rings (SSSR count). The topological polar surface area (TPSA) is 47.6 Å². The molecule has 0 fully saturated rings. The van der Waals surface area contributed by atoms with Crippen molar-refractivity contribution in [1.82, 2.24) is 0 Å². The Morgan fingerprint density at radius 1 is 1.35 bits per heavy atom. The van der Waals surface area contributed by atoms with Gasteiger partial charge in [0.25, 0.3) is 0 Å². The van der Waals surface area contributed by atoms with Crippen LogP contribution in [-0.2, 0) is 4.74 Å². The van der Waals surface area contributed by atoms with Crippen LogP contribution in [0.25, 0.3) is 6.08 Å². The Kier molecular flexibility index (Phi) is 4.57. The molecule has 0 aliphatic carbocycles. The number of ether oxygens (including phenoxy) is 2. The summed E-state index contributed by atoms with van der Waals surface area (Å²) in [5, 5.41) is 3.06. The van der Waals surface area contributed by atoms with Crippen LogP contribution in [0.2, 0.25) is 0 Å². The number of carbonyl (C=O) groups excluding carboxylic acids is 1. The van der Waals surface area contributed by atoms with E-state index >= 15 is 0 Å². The first kappa shape index (κ1) is 13.1. The molecular weight excluding hydrogens is 218 g/mol. The molecule has 0 saturated heterocycles. The van der Waals surface area contributed by atoms with E-state index in [0.29, 0.717) is 11.3 Å². The van der Waals surface area contributed by atoms with E-state index < -0.39 is 5.97 Å². The summed E-state index contributed by atoms with van der Waals surface area (Å²) >= 11 is 0. The Morgan fingerprint density at radius 2 is 2.06 bits per heavy atom. The highest BCUT2D eigenvalue weighted by Crippen LogP contribution is 2.28. The average Bonchev–Trinajstić information content (AvgIpc) is 2.37. The SMILES string of the molecule is C/C=C/c1cc(C(=O)OC)c(OC)cc1NC. The largest absolute Gasteiger partial charge is 0.496 e. The summed E-state index contributed by atoms with van der Waals surface area (Å²) in [5.41, 5.74) is 2.23. The maximum atomic E-state index is 11.6. The minimum Gasteiger partial charge on any atom is -0.496 e. The smallest absolute Gasteiger partial charge is 0.341 e. The molecular formula is C13H17NO3. The van der Waals surface area contributed by atoms with Crippen LogP contribution >= 0.6 is 0 Å².